The fourth-order valence-electron chi connectivity index (χ4n) is 3.20. The van der Waals surface area contributed by atoms with E-state index in [9.17, 15) is 13.5 Å². The number of furan rings is 1. The molecule has 8 heteroatoms. The van der Waals surface area contributed by atoms with Crippen LogP contribution in [0.1, 0.15) is 17.4 Å². The van der Waals surface area contributed by atoms with Crippen molar-refractivity contribution >= 4 is 33.2 Å². The Bertz CT molecular complexity index is 1110. The lowest BCUT2D eigenvalue weighted by Crippen LogP contribution is -2.45. The van der Waals surface area contributed by atoms with Gasteiger partial charge in [-0.1, -0.05) is 41.4 Å². The van der Waals surface area contributed by atoms with E-state index in [0.29, 0.717) is 32.7 Å². The van der Waals surface area contributed by atoms with Crippen molar-refractivity contribution < 1.29 is 17.9 Å². The summed E-state index contributed by atoms with van der Waals surface area (Å²) in [6.45, 7) is 0. The van der Waals surface area contributed by atoms with Gasteiger partial charge in [-0.05, 0) is 36.4 Å². The molecule has 27 heavy (non-hydrogen) atoms. The number of hydrogen-bond donors (Lipinski definition) is 2. The van der Waals surface area contributed by atoms with Crippen molar-refractivity contribution in [3.8, 4) is 11.3 Å². The van der Waals surface area contributed by atoms with Gasteiger partial charge in [-0.3, -0.25) is 0 Å². The zero-order valence-electron chi connectivity index (χ0n) is 13.9. The van der Waals surface area contributed by atoms with Gasteiger partial charge < -0.3 is 9.52 Å². The van der Waals surface area contributed by atoms with Crippen LogP contribution in [-0.2, 0) is 16.4 Å². The number of aliphatic hydroxyl groups is 1. The summed E-state index contributed by atoms with van der Waals surface area (Å²) in [5.41, 5.74) is 1.02. The number of rotatable bonds is 3. The first-order valence-electron chi connectivity index (χ1n) is 8.18. The molecule has 5 nitrogen and oxygen atoms in total. The van der Waals surface area contributed by atoms with Crippen LogP contribution in [0.25, 0.3) is 11.3 Å². The fraction of sp³-hybridized carbons (Fsp3) is 0.158. The Labute approximate surface area is 166 Å². The van der Waals surface area contributed by atoms with Crippen molar-refractivity contribution in [1.82, 2.24) is 4.72 Å². The largest absolute Gasteiger partial charge is 0.461 e. The molecule has 1 aliphatic heterocycles. The summed E-state index contributed by atoms with van der Waals surface area (Å²) in [6, 6.07) is 14.2. The molecule has 0 saturated heterocycles. The van der Waals surface area contributed by atoms with Gasteiger partial charge in [0.1, 0.15) is 11.5 Å². The third-order valence-electron chi connectivity index (χ3n) is 4.49. The van der Waals surface area contributed by atoms with Crippen molar-refractivity contribution in [3.05, 3.63) is 76.0 Å². The highest BCUT2D eigenvalue weighted by molar-refractivity contribution is 7.89. The zero-order chi connectivity index (χ0) is 19.2. The van der Waals surface area contributed by atoms with E-state index >= 15 is 0 Å². The molecule has 2 atom stereocenters. The van der Waals surface area contributed by atoms with E-state index in [0.717, 1.165) is 0 Å². The van der Waals surface area contributed by atoms with E-state index in [-0.39, 0.29) is 11.3 Å². The Morgan fingerprint density at radius 1 is 1.07 bits per heavy atom. The maximum absolute atomic E-state index is 12.4. The van der Waals surface area contributed by atoms with E-state index in [1.165, 1.54) is 6.07 Å². The lowest BCUT2D eigenvalue weighted by molar-refractivity contribution is 0.129. The SMILES string of the molecule is O=S1(=O)N[C@H](Cc2ccc(-c3cc(Cl)ccc3Cl)o2)[C@H](O)c2ccccc21. The predicted molar refractivity (Wildman–Crippen MR) is 103 cm³/mol. The normalized spacial score (nSPS) is 21.0. The maximum Gasteiger partial charge on any atom is 0.241 e. The second kappa shape index (κ2) is 6.96. The third-order valence-corrected chi connectivity index (χ3v) is 6.62. The zero-order valence-corrected chi connectivity index (χ0v) is 16.2. The molecule has 1 aromatic heterocycles. The highest BCUT2D eigenvalue weighted by Crippen LogP contribution is 2.34. The number of halogens is 2. The molecule has 2 aromatic carbocycles. The quantitative estimate of drug-likeness (QED) is 0.661. The first-order valence-corrected chi connectivity index (χ1v) is 10.4. The van der Waals surface area contributed by atoms with Gasteiger partial charge in [0.2, 0.25) is 10.0 Å². The molecule has 0 fully saturated rings. The van der Waals surface area contributed by atoms with Crippen molar-refractivity contribution in [3.63, 3.8) is 0 Å². The molecule has 0 bridgehead atoms. The highest BCUT2D eigenvalue weighted by atomic mass is 35.5. The topological polar surface area (TPSA) is 79.5 Å². The summed E-state index contributed by atoms with van der Waals surface area (Å²) in [7, 11) is -3.69. The summed E-state index contributed by atoms with van der Waals surface area (Å²) < 4.78 is 33.2. The van der Waals surface area contributed by atoms with Crippen molar-refractivity contribution in [2.75, 3.05) is 0 Å². The van der Waals surface area contributed by atoms with Crippen LogP contribution in [0.2, 0.25) is 10.0 Å². The second-order valence-electron chi connectivity index (χ2n) is 6.30. The fourth-order valence-corrected chi connectivity index (χ4v) is 5.08. The van der Waals surface area contributed by atoms with Gasteiger partial charge in [0.05, 0.1) is 22.1 Å². The van der Waals surface area contributed by atoms with E-state index < -0.39 is 22.2 Å². The van der Waals surface area contributed by atoms with Crippen LogP contribution >= 0.6 is 23.2 Å². The van der Waals surface area contributed by atoms with Gasteiger partial charge in [-0.2, -0.15) is 0 Å². The molecule has 4 rings (SSSR count). The van der Waals surface area contributed by atoms with Crippen LogP contribution in [0.5, 0.6) is 0 Å². The average Bonchev–Trinajstić information content (AvgIpc) is 3.10. The van der Waals surface area contributed by atoms with Gasteiger partial charge in [-0.15, -0.1) is 0 Å². The number of nitrogens with one attached hydrogen (secondary N) is 1. The first kappa shape index (κ1) is 18.5. The van der Waals surface area contributed by atoms with Crippen LogP contribution in [0.4, 0.5) is 0 Å². The highest BCUT2D eigenvalue weighted by Gasteiger charge is 2.36. The minimum atomic E-state index is -3.69. The molecule has 3 aromatic rings. The molecule has 0 unspecified atom stereocenters. The van der Waals surface area contributed by atoms with Crippen molar-refractivity contribution in [2.24, 2.45) is 0 Å². The Kier molecular flexibility index (Phi) is 4.78. The van der Waals surface area contributed by atoms with Gasteiger partial charge >= 0.3 is 0 Å². The monoisotopic (exact) mass is 423 g/mol. The van der Waals surface area contributed by atoms with Gasteiger partial charge in [0, 0.05) is 22.6 Å². The minimum Gasteiger partial charge on any atom is -0.461 e. The average molecular weight is 424 g/mol. The molecular weight excluding hydrogens is 409 g/mol. The molecule has 2 heterocycles. The summed E-state index contributed by atoms with van der Waals surface area (Å²) in [5.74, 6) is 1.04. The van der Waals surface area contributed by atoms with Gasteiger partial charge in [0.25, 0.3) is 0 Å². The first-order chi connectivity index (χ1) is 12.8. The van der Waals surface area contributed by atoms with Crippen LogP contribution in [0, 0.1) is 0 Å². The standard InChI is InChI=1S/C19H15Cl2NO4S/c20-11-5-7-15(21)14(9-11)17-8-6-12(26-17)10-16-19(23)13-3-1-2-4-18(13)27(24,25)22-16/h1-9,16,19,22-23H,10H2/t16-,19-/m1/s1. The van der Waals surface area contributed by atoms with Crippen LogP contribution in [0.15, 0.2) is 63.9 Å². The summed E-state index contributed by atoms with van der Waals surface area (Å²) in [4.78, 5) is 0.0968. The van der Waals surface area contributed by atoms with E-state index in [4.69, 9.17) is 27.6 Å². The molecule has 0 saturated carbocycles. The molecule has 1 aliphatic rings. The Morgan fingerprint density at radius 2 is 1.85 bits per heavy atom. The van der Waals surface area contributed by atoms with E-state index in [1.807, 2.05) is 0 Å². The molecule has 0 spiro atoms. The molecule has 0 amide bonds. The van der Waals surface area contributed by atoms with Gasteiger partial charge in [-0.25, -0.2) is 13.1 Å². The molecule has 0 aliphatic carbocycles. The molecule has 140 valence electrons. The van der Waals surface area contributed by atoms with E-state index in [2.05, 4.69) is 4.72 Å². The van der Waals surface area contributed by atoms with E-state index in [1.54, 1.807) is 48.5 Å². The lowest BCUT2D eigenvalue weighted by atomic mass is 9.99. The maximum atomic E-state index is 12.4. The predicted octanol–water partition coefficient (Wildman–Crippen LogP) is 4.19. The summed E-state index contributed by atoms with van der Waals surface area (Å²) >= 11 is 12.2. The Balaban J connectivity index is 1.62. The molecule has 2 N–H and O–H groups in total. The van der Waals surface area contributed by atoms with Crippen LogP contribution in [0.3, 0.4) is 0 Å². The summed E-state index contributed by atoms with van der Waals surface area (Å²) in [5, 5.41) is 11.6. The smallest absolute Gasteiger partial charge is 0.241 e. The number of fused-ring (bicyclic) bond motifs is 1. The number of hydrogen-bond acceptors (Lipinski definition) is 4. The summed E-state index contributed by atoms with van der Waals surface area (Å²) in [6.07, 6.45) is -0.791. The van der Waals surface area contributed by atoms with Crippen molar-refractivity contribution in [2.45, 2.75) is 23.5 Å². The van der Waals surface area contributed by atoms with Crippen molar-refractivity contribution in [1.29, 1.82) is 0 Å². The number of aliphatic hydroxyl groups excluding tert-OH is 1. The lowest BCUT2D eigenvalue weighted by Gasteiger charge is -2.30. The third kappa shape index (κ3) is 3.51. The Hall–Kier alpha value is -1.83. The van der Waals surface area contributed by atoms with Gasteiger partial charge in [0.15, 0.2) is 0 Å². The minimum absolute atomic E-state index is 0.0968. The Morgan fingerprint density at radius 3 is 2.67 bits per heavy atom. The molecular formula is C19H15Cl2NO4S. The van der Waals surface area contributed by atoms with Crippen LogP contribution < -0.4 is 4.72 Å². The number of benzene rings is 2. The number of sulfonamides is 1. The second-order valence-corrected chi connectivity index (χ2v) is 8.83. The van der Waals surface area contributed by atoms with Crippen LogP contribution in [-0.4, -0.2) is 19.6 Å². The molecule has 0 radical (unpaired) electrons.